The molecule has 5 nitrogen and oxygen atoms in total. The summed E-state index contributed by atoms with van der Waals surface area (Å²) in [6.07, 6.45) is 0. The van der Waals surface area contributed by atoms with Gasteiger partial charge < -0.3 is 15.6 Å². The van der Waals surface area contributed by atoms with Crippen LogP contribution in [0.4, 0.5) is 0 Å². The van der Waals surface area contributed by atoms with Gasteiger partial charge in [0, 0.05) is 10.8 Å². The number of thiophene rings is 1. The molecule has 0 saturated carbocycles. The van der Waals surface area contributed by atoms with E-state index in [0.29, 0.717) is 4.88 Å². The van der Waals surface area contributed by atoms with Crippen molar-refractivity contribution in [3.63, 3.8) is 0 Å². The fraction of sp³-hybridized carbons (Fsp3) is 0.182. The maximum absolute atomic E-state index is 12.6. The number of benzene rings is 2. The summed E-state index contributed by atoms with van der Waals surface area (Å²) >= 11 is 1.32. The smallest absolute Gasteiger partial charge is 0.322 e. The molecule has 0 bridgehead atoms. The van der Waals surface area contributed by atoms with Crippen LogP contribution in [0.2, 0.25) is 0 Å². The molecule has 4 rings (SSSR count). The van der Waals surface area contributed by atoms with Crippen molar-refractivity contribution in [3.8, 4) is 11.1 Å². The van der Waals surface area contributed by atoms with Gasteiger partial charge in [0.25, 0.3) is 0 Å². The Morgan fingerprint density at radius 1 is 1.00 bits per heavy atom. The largest absolute Gasteiger partial charge is 0.481 e. The summed E-state index contributed by atoms with van der Waals surface area (Å²) in [5.41, 5.74) is 10.4. The number of aliphatic carboxylic acids is 1. The number of carbonyl (C=O) groups is 2. The Morgan fingerprint density at radius 2 is 1.61 bits per heavy atom. The minimum absolute atomic E-state index is 0.0772. The summed E-state index contributed by atoms with van der Waals surface area (Å²) in [6.45, 7) is 0.0772. The van der Waals surface area contributed by atoms with E-state index >= 15 is 0 Å². The van der Waals surface area contributed by atoms with Gasteiger partial charge in [0.05, 0.1) is 6.04 Å². The van der Waals surface area contributed by atoms with E-state index in [4.69, 9.17) is 10.5 Å². The first-order valence-corrected chi connectivity index (χ1v) is 9.82. The van der Waals surface area contributed by atoms with E-state index in [2.05, 4.69) is 0 Å². The molecule has 1 aromatic heterocycles. The van der Waals surface area contributed by atoms with Crippen LogP contribution in [-0.2, 0) is 14.3 Å². The molecule has 142 valence electrons. The molecule has 0 amide bonds. The number of carboxylic acids is 1. The van der Waals surface area contributed by atoms with Gasteiger partial charge in [-0.3, -0.25) is 9.59 Å². The molecule has 2 atom stereocenters. The standard InChI is InChI=1S/C22H19NO4S/c23-20(18-10-5-11-28-18)19(21(24)25)22(26)27-12-17-15-8-3-1-6-13(15)14-7-2-4-9-16(14)17/h1-11,17,19-20H,12,23H2,(H,24,25). The molecule has 3 N–H and O–H groups in total. The van der Waals surface area contributed by atoms with Crippen LogP contribution in [-0.4, -0.2) is 23.7 Å². The summed E-state index contributed by atoms with van der Waals surface area (Å²) in [5.74, 6) is -3.65. The Hall–Kier alpha value is -2.96. The second kappa shape index (κ2) is 7.58. The van der Waals surface area contributed by atoms with Crippen molar-refractivity contribution in [1.82, 2.24) is 0 Å². The van der Waals surface area contributed by atoms with Crippen LogP contribution in [0.25, 0.3) is 11.1 Å². The van der Waals surface area contributed by atoms with Crippen LogP contribution in [0.5, 0.6) is 0 Å². The molecule has 3 aromatic rings. The molecule has 2 unspecified atom stereocenters. The lowest BCUT2D eigenvalue weighted by molar-refractivity contribution is -0.159. The number of hydrogen-bond donors (Lipinski definition) is 2. The summed E-state index contributed by atoms with van der Waals surface area (Å²) < 4.78 is 5.49. The molecule has 0 saturated heterocycles. The van der Waals surface area contributed by atoms with E-state index in [1.807, 2.05) is 48.5 Å². The molecule has 0 spiro atoms. The number of rotatable bonds is 6. The lowest BCUT2D eigenvalue weighted by Gasteiger charge is -2.20. The van der Waals surface area contributed by atoms with Gasteiger partial charge in [-0.1, -0.05) is 54.6 Å². The van der Waals surface area contributed by atoms with Gasteiger partial charge in [0.15, 0.2) is 5.92 Å². The number of nitrogens with two attached hydrogens (primary N) is 1. The Kier molecular flexibility index (Phi) is 4.98. The zero-order valence-electron chi connectivity index (χ0n) is 14.9. The second-order valence-corrected chi connectivity index (χ2v) is 7.69. The molecule has 1 heterocycles. The van der Waals surface area contributed by atoms with Gasteiger partial charge in [-0.2, -0.15) is 0 Å². The van der Waals surface area contributed by atoms with E-state index in [9.17, 15) is 14.7 Å². The van der Waals surface area contributed by atoms with Gasteiger partial charge >= 0.3 is 11.9 Å². The zero-order chi connectivity index (χ0) is 19.7. The molecule has 28 heavy (non-hydrogen) atoms. The molecule has 0 aliphatic heterocycles. The Bertz CT molecular complexity index is 969. The maximum Gasteiger partial charge on any atom is 0.322 e. The van der Waals surface area contributed by atoms with Gasteiger partial charge in [-0.25, -0.2) is 0 Å². The Balaban J connectivity index is 1.55. The van der Waals surface area contributed by atoms with Crippen LogP contribution in [0, 0.1) is 5.92 Å². The fourth-order valence-electron chi connectivity index (χ4n) is 3.74. The first kappa shape index (κ1) is 18.4. The zero-order valence-corrected chi connectivity index (χ0v) is 15.8. The highest BCUT2D eigenvalue weighted by atomic mass is 32.1. The SMILES string of the molecule is NC(c1cccs1)C(C(=O)O)C(=O)OCC1c2ccccc2-c2ccccc21. The first-order valence-electron chi connectivity index (χ1n) is 8.94. The number of hydrogen-bond acceptors (Lipinski definition) is 5. The quantitative estimate of drug-likeness (QED) is 0.491. The summed E-state index contributed by atoms with van der Waals surface area (Å²) in [4.78, 5) is 25.0. The number of ether oxygens (including phenoxy) is 1. The van der Waals surface area contributed by atoms with Crippen molar-refractivity contribution in [2.24, 2.45) is 11.7 Å². The van der Waals surface area contributed by atoms with E-state index in [1.165, 1.54) is 11.3 Å². The number of esters is 1. The highest BCUT2D eigenvalue weighted by Crippen LogP contribution is 2.44. The van der Waals surface area contributed by atoms with E-state index in [1.54, 1.807) is 17.5 Å². The molecule has 0 radical (unpaired) electrons. The lowest BCUT2D eigenvalue weighted by Crippen LogP contribution is -2.36. The third-order valence-electron chi connectivity index (χ3n) is 5.11. The number of carbonyl (C=O) groups excluding carboxylic acids is 1. The maximum atomic E-state index is 12.6. The van der Waals surface area contributed by atoms with Crippen LogP contribution in [0.15, 0.2) is 66.0 Å². The van der Waals surface area contributed by atoms with Crippen LogP contribution in [0.3, 0.4) is 0 Å². The highest BCUT2D eigenvalue weighted by molar-refractivity contribution is 7.10. The van der Waals surface area contributed by atoms with Crippen molar-refractivity contribution in [3.05, 3.63) is 82.0 Å². The van der Waals surface area contributed by atoms with Crippen LogP contribution < -0.4 is 5.73 Å². The average molecular weight is 393 g/mol. The van der Waals surface area contributed by atoms with Gasteiger partial charge in [-0.05, 0) is 33.7 Å². The Labute approximate surface area is 166 Å². The average Bonchev–Trinajstić information content (AvgIpc) is 3.33. The van der Waals surface area contributed by atoms with Crippen LogP contribution in [0.1, 0.15) is 28.0 Å². The monoisotopic (exact) mass is 393 g/mol. The van der Waals surface area contributed by atoms with Crippen LogP contribution >= 0.6 is 11.3 Å². The highest BCUT2D eigenvalue weighted by Gasteiger charge is 2.37. The topological polar surface area (TPSA) is 89.6 Å². The van der Waals surface area contributed by atoms with Crippen molar-refractivity contribution in [2.75, 3.05) is 6.61 Å². The summed E-state index contributed by atoms with van der Waals surface area (Å²) in [7, 11) is 0. The lowest BCUT2D eigenvalue weighted by atomic mass is 9.97. The normalized spacial score (nSPS) is 14.8. The molecular formula is C22H19NO4S. The molecule has 6 heteroatoms. The van der Waals surface area contributed by atoms with E-state index in [-0.39, 0.29) is 12.5 Å². The third-order valence-corrected chi connectivity index (χ3v) is 6.08. The molecule has 2 aromatic carbocycles. The summed E-state index contributed by atoms with van der Waals surface area (Å²) in [5, 5.41) is 11.3. The van der Waals surface area contributed by atoms with Gasteiger partial charge in [0.1, 0.15) is 6.61 Å². The fourth-order valence-corrected chi connectivity index (χ4v) is 4.51. The second-order valence-electron chi connectivity index (χ2n) is 6.71. The predicted molar refractivity (Wildman–Crippen MR) is 107 cm³/mol. The molecule has 1 aliphatic carbocycles. The molecule has 1 aliphatic rings. The molecule has 0 fully saturated rings. The van der Waals surface area contributed by atoms with Gasteiger partial charge in [0.2, 0.25) is 0 Å². The van der Waals surface area contributed by atoms with Crippen molar-refractivity contribution >= 4 is 23.3 Å². The Morgan fingerprint density at radius 3 is 2.14 bits per heavy atom. The van der Waals surface area contributed by atoms with Gasteiger partial charge in [-0.15, -0.1) is 11.3 Å². The summed E-state index contributed by atoms with van der Waals surface area (Å²) in [6, 6.07) is 18.5. The molecular weight excluding hydrogens is 374 g/mol. The third kappa shape index (κ3) is 3.21. The van der Waals surface area contributed by atoms with Crippen molar-refractivity contribution < 1.29 is 19.4 Å². The first-order chi connectivity index (χ1) is 13.6. The number of fused-ring (bicyclic) bond motifs is 3. The minimum Gasteiger partial charge on any atom is -0.481 e. The predicted octanol–water partition coefficient (Wildman–Crippen LogP) is 3.80. The number of carboxylic acid groups (broad SMARTS) is 1. The van der Waals surface area contributed by atoms with E-state index in [0.717, 1.165) is 22.3 Å². The van der Waals surface area contributed by atoms with E-state index < -0.39 is 23.9 Å². The van der Waals surface area contributed by atoms with Crippen molar-refractivity contribution in [2.45, 2.75) is 12.0 Å². The van der Waals surface area contributed by atoms with Crippen molar-refractivity contribution in [1.29, 1.82) is 0 Å². The minimum atomic E-state index is -1.44.